The maximum absolute atomic E-state index is 10.2. The summed E-state index contributed by atoms with van der Waals surface area (Å²) in [6.07, 6.45) is 1.99. The van der Waals surface area contributed by atoms with Gasteiger partial charge in [0.25, 0.3) is 0 Å². The first kappa shape index (κ1) is 24.4. The molecule has 2 unspecified atom stereocenters. The summed E-state index contributed by atoms with van der Waals surface area (Å²) in [4.78, 5) is 6.89. The Balaban J connectivity index is 0.00000300. The lowest BCUT2D eigenvalue weighted by Gasteiger charge is -2.36. The molecule has 0 radical (unpaired) electrons. The molecule has 1 aromatic rings. The van der Waals surface area contributed by atoms with Crippen LogP contribution in [0.25, 0.3) is 0 Å². The van der Waals surface area contributed by atoms with Crippen molar-refractivity contribution >= 4 is 29.9 Å². The molecule has 1 heterocycles. The van der Waals surface area contributed by atoms with Gasteiger partial charge in [-0.05, 0) is 50.7 Å². The molecule has 0 spiro atoms. The zero-order valence-electron chi connectivity index (χ0n) is 17.9. The van der Waals surface area contributed by atoms with E-state index >= 15 is 0 Å². The molecule has 6 nitrogen and oxygen atoms in total. The highest BCUT2D eigenvalue weighted by Crippen LogP contribution is 2.28. The predicted molar refractivity (Wildman–Crippen MR) is 127 cm³/mol. The van der Waals surface area contributed by atoms with E-state index in [0.29, 0.717) is 25.7 Å². The smallest absolute Gasteiger partial charge is 0.194 e. The Morgan fingerprint density at radius 1 is 1.38 bits per heavy atom. The average molecular weight is 517 g/mol. The molecule has 2 N–H and O–H groups in total. The van der Waals surface area contributed by atoms with Crippen LogP contribution in [0.3, 0.4) is 0 Å². The second-order valence-electron chi connectivity index (χ2n) is 7.99. The van der Waals surface area contributed by atoms with Crippen LogP contribution in [0.5, 0.6) is 0 Å². The molecule has 1 saturated heterocycles. The summed E-state index contributed by atoms with van der Waals surface area (Å²) in [6.45, 7) is 10.8. The predicted octanol–water partition coefficient (Wildman–Crippen LogP) is 3.05. The Hall–Kier alpha value is -0.900. The van der Waals surface area contributed by atoms with Gasteiger partial charge < -0.3 is 24.8 Å². The summed E-state index contributed by atoms with van der Waals surface area (Å²) in [5.74, 6) is 1.55. The summed E-state index contributed by atoms with van der Waals surface area (Å²) < 4.78 is 11.6. The molecular weight excluding hydrogens is 481 g/mol. The van der Waals surface area contributed by atoms with Gasteiger partial charge in [0.2, 0.25) is 0 Å². The number of hydrogen-bond donors (Lipinski definition) is 2. The summed E-state index contributed by atoms with van der Waals surface area (Å²) in [6, 6.07) is 6.51. The summed E-state index contributed by atoms with van der Waals surface area (Å²) in [5.41, 5.74) is 3.76. The Kier molecular flexibility index (Phi) is 10.1. The highest BCUT2D eigenvalue weighted by atomic mass is 127. The normalized spacial score (nSPS) is 20.9. The van der Waals surface area contributed by atoms with Crippen LogP contribution >= 0.6 is 24.0 Å². The minimum Gasteiger partial charge on any atom is -0.389 e. The van der Waals surface area contributed by atoms with Crippen LogP contribution in [0.4, 0.5) is 0 Å². The van der Waals surface area contributed by atoms with E-state index < -0.39 is 6.10 Å². The van der Waals surface area contributed by atoms with E-state index in [1.807, 2.05) is 0 Å². The van der Waals surface area contributed by atoms with Crippen LogP contribution in [0.2, 0.25) is 0 Å². The number of ether oxygens (including phenoxy) is 2. The molecule has 0 amide bonds. The average Bonchev–Trinajstić information content (AvgIpc) is 3.49. The number of aliphatic hydroxyl groups excluding tert-OH is 1. The van der Waals surface area contributed by atoms with Crippen molar-refractivity contribution in [1.29, 1.82) is 0 Å². The topological polar surface area (TPSA) is 66.3 Å². The number of benzene rings is 1. The van der Waals surface area contributed by atoms with E-state index in [9.17, 15) is 5.11 Å². The molecule has 1 saturated carbocycles. The number of hydrogen-bond acceptors (Lipinski definition) is 4. The largest absolute Gasteiger partial charge is 0.389 e. The lowest BCUT2D eigenvalue weighted by atomic mass is 10.00. The van der Waals surface area contributed by atoms with Gasteiger partial charge in [0.1, 0.15) is 6.10 Å². The number of morpholine rings is 1. The minimum atomic E-state index is -0.566. The third-order valence-electron chi connectivity index (χ3n) is 5.29. The van der Waals surface area contributed by atoms with Crippen molar-refractivity contribution < 1.29 is 14.6 Å². The highest BCUT2D eigenvalue weighted by Gasteiger charge is 2.25. The van der Waals surface area contributed by atoms with Crippen molar-refractivity contribution in [3.63, 3.8) is 0 Å². The Labute approximate surface area is 192 Å². The van der Waals surface area contributed by atoms with Gasteiger partial charge in [-0.3, -0.25) is 4.99 Å². The van der Waals surface area contributed by atoms with E-state index in [4.69, 9.17) is 9.47 Å². The van der Waals surface area contributed by atoms with Crippen molar-refractivity contribution in [1.82, 2.24) is 10.2 Å². The van der Waals surface area contributed by atoms with E-state index in [1.165, 1.54) is 29.5 Å². The van der Waals surface area contributed by atoms with Gasteiger partial charge in [0, 0.05) is 19.7 Å². The van der Waals surface area contributed by atoms with Crippen molar-refractivity contribution in [2.75, 3.05) is 46.0 Å². The second kappa shape index (κ2) is 12.1. The lowest BCUT2D eigenvalue weighted by molar-refractivity contribution is -0.00855. The number of nitrogens with one attached hydrogen (secondary N) is 1. The number of aryl methyl sites for hydroxylation is 2. The molecule has 164 valence electrons. The molecular formula is C22H36IN3O3. The van der Waals surface area contributed by atoms with Crippen LogP contribution in [0.1, 0.15) is 42.6 Å². The standard InChI is InChI=1S/C22H35N3O3.HI/c1-4-23-22(24-12-19(26)15-27-14-18-6-7-18)25-9-10-28-21(13-25)20-8-5-16(2)11-17(20)3;/h5,8,11,18-19,21,26H,4,6-7,9-10,12-15H2,1-3H3,(H,23,24);1H. The first-order chi connectivity index (χ1) is 13.6. The van der Waals surface area contributed by atoms with Crippen LogP contribution in [0, 0.1) is 19.8 Å². The van der Waals surface area contributed by atoms with Crippen molar-refractivity contribution in [2.45, 2.75) is 45.8 Å². The zero-order valence-corrected chi connectivity index (χ0v) is 20.2. The number of aliphatic hydroxyl groups is 1. The fourth-order valence-electron chi connectivity index (χ4n) is 3.54. The molecule has 1 aliphatic heterocycles. The summed E-state index contributed by atoms with van der Waals surface area (Å²) in [5, 5.41) is 13.5. The molecule has 1 aromatic carbocycles. The molecule has 29 heavy (non-hydrogen) atoms. The Morgan fingerprint density at radius 3 is 2.86 bits per heavy atom. The summed E-state index contributed by atoms with van der Waals surface area (Å²) in [7, 11) is 0. The van der Waals surface area contributed by atoms with Gasteiger partial charge in [0.05, 0.1) is 32.4 Å². The highest BCUT2D eigenvalue weighted by molar-refractivity contribution is 14.0. The molecule has 2 fully saturated rings. The van der Waals surface area contributed by atoms with Gasteiger partial charge in [-0.25, -0.2) is 0 Å². The van der Waals surface area contributed by atoms with E-state index in [0.717, 1.165) is 32.2 Å². The fraction of sp³-hybridized carbons (Fsp3) is 0.682. The van der Waals surface area contributed by atoms with E-state index in [-0.39, 0.29) is 30.1 Å². The third-order valence-corrected chi connectivity index (χ3v) is 5.29. The van der Waals surface area contributed by atoms with Gasteiger partial charge >= 0.3 is 0 Å². The molecule has 7 heteroatoms. The zero-order chi connectivity index (χ0) is 19.9. The third kappa shape index (κ3) is 7.70. The SMILES string of the molecule is CCNC(=NCC(O)COCC1CC1)N1CCOC(c2ccc(C)cc2C)C1.I. The number of nitrogens with zero attached hydrogens (tertiary/aromatic N) is 2. The summed E-state index contributed by atoms with van der Waals surface area (Å²) >= 11 is 0. The van der Waals surface area contributed by atoms with E-state index in [1.54, 1.807) is 0 Å². The van der Waals surface area contributed by atoms with Gasteiger partial charge in [-0.2, -0.15) is 0 Å². The van der Waals surface area contributed by atoms with Gasteiger partial charge in [-0.1, -0.05) is 23.8 Å². The first-order valence-corrected chi connectivity index (χ1v) is 10.5. The minimum absolute atomic E-state index is 0. The molecule has 1 aliphatic carbocycles. The number of halogens is 1. The second-order valence-corrected chi connectivity index (χ2v) is 7.99. The van der Waals surface area contributed by atoms with Crippen LogP contribution in [-0.4, -0.2) is 68.1 Å². The maximum Gasteiger partial charge on any atom is 0.194 e. The van der Waals surface area contributed by atoms with Crippen molar-refractivity contribution in [2.24, 2.45) is 10.9 Å². The first-order valence-electron chi connectivity index (χ1n) is 10.5. The maximum atomic E-state index is 10.2. The lowest BCUT2D eigenvalue weighted by Crippen LogP contribution is -2.48. The van der Waals surface area contributed by atoms with Gasteiger partial charge in [-0.15, -0.1) is 24.0 Å². The number of aliphatic imine (C=N–C) groups is 1. The van der Waals surface area contributed by atoms with Gasteiger partial charge in [0.15, 0.2) is 5.96 Å². The molecule has 0 aromatic heterocycles. The Bertz CT molecular complexity index is 667. The molecule has 2 aliphatic rings. The van der Waals surface area contributed by atoms with Crippen LogP contribution in [-0.2, 0) is 9.47 Å². The van der Waals surface area contributed by atoms with Crippen molar-refractivity contribution in [3.8, 4) is 0 Å². The molecule has 3 rings (SSSR count). The van der Waals surface area contributed by atoms with Crippen LogP contribution in [0.15, 0.2) is 23.2 Å². The fourth-order valence-corrected chi connectivity index (χ4v) is 3.54. The monoisotopic (exact) mass is 517 g/mol. The molecule has 2 atom stereocenters. The Morgan fingerprint density at radius 2 is 2.17 bits per heavy atom. The number of rotatable bonds is 8. The molecule has 0 bridgehead atoms. The van der Waals surface area contributed by atoms with Crippen LogP contribution < -0.4 is 5.32 Å². The van der Waals surface area contributed by atoms with E-state index in [2.05, 4.69) is 54.2 Å². The number of guanidine groups is 1. The van der Waals surface area contributed by atoms with Crippen molar-refractivity contribution in [3.05, 3.63) is 34.9 Å². The quantitative estimate of drug-likeness (QED) is 0.315.